The Labute approximate surface area is 122 Å². The third-order valence-corrected chi connectivity index (χ3v) is 3.16. The van der Waals surface area contributed by atoms with E-state index in [-0.39, 0.29) is 24.8 Å². The van der Waals surface area contributed by atoms with Crippen LogP contribution in [0.2, 0.25) is 0 Å². The highest BCUT2D eigenvalue weighted by atomic mass is 35.5. The van der Waals surface area contributed by atoms with Crippen molar-refractivity contribution in [2.75, 3.05) is 26.2 Å². The molecule has 3 nitrogen and oxygen atoms in total. The van der Waals surface area contributed by atoms with E-state index in [1.807, 2.05) is 6.07 Å². The van der Waals surface area contributed by atoms with Crippen molar-refractivity contribution >= 4 is 24.8 Å². The number of furan rings is 1. The zero-order valence-corrected chi connectivity index (χ0v) is 12.7. The minimum atomic E-state index is 0. The summed E-state index contributed by atoms with van der Waals surface area (Å²) in [5, 5.41) is 3.40. The van der Waals surface area contributed by atoms with Crippen LogP contribution in [0.3, 0.4) is 0 Å². The van der Waals surface area contributed by atoms with Crippen LogP contribution in [-0.4, -0.2) is 31.1 Å². The summed E-state index contributed by atoms with van der Waals surface area (Å²) in [7, 11) is 0. The van der Waals surface area contributed by atoms with E-state index < -0.39 is 0 Å². The van der Waals surface area contributed by atoms with Gasteiger partial charge in [-0.1, -0.05) is 13.8 Å². The summed E-state index contributed by atoms with van der Waals surface area (Å²) in [5.41, 5.74) is 0. The average molecular weight is 295 g/mol. The van der Waals surface area contributed by atoms with E-state index in [4.69, 9.17) is 4.42 Å². The van der Waals surface area contributed by atoms with Gasteiger partial charge in [-0.25, -0.2) is 0 Å². The van der Waals surface area contributed by atoms with Gasteiger partial charge >= 0.3 is 0 Å². The maximum absolute atomic E-state index is 5.59. The zero-order valence-electron chi connectivity index (χ0n) is 11.1. The average Bonchev–Trinajstić information content (AvgIpc) is 2.80. The quantitative estimate of drug-likeness (QED) is 0.925. The monoisotopic (exact) mass is 294 g/mol. The van der Waals surface area contributed by atoms with Gasteiger partial charge in [0.05, 0.1) is 12.3 Å². The van der Waals surface area contributed by atoms with Crippen molar-refractivity contribution in [3.8, 4) is 0 Å². The minimum absolute atomic E-state index is 0. The summed E-state index contributed by atoms with van der Waals surface area (Å²) in [5.74, 6) is 1.82. The normalized spacial score (nSPS) is 17.9. The molecule has 0 saturated carbocycles. The SMILES string of the molecule is CC(C)C[C@@H](c1ccco1)N1CCNCC1.Cl.Cl. The smallest absolute Gasteiger partial charge is 0.120 e. The van der Waals surface area contributed by atoms with Gasteiger partial charge in [0.1, 0.15) is 5.76 Å². The molecule has 0 spiro atoms. The van der Waals surface area contributed by atoms with E-state index >= 15 is 0 Å². The number of hydrogen-bond acceptors (Lipinski definition) is 3. The van der Waals surface area contributed by atoms with Crippen LogP contribution < -0.4 is 5.32 Å². The molecule has 0 amide bonds. The fraction of sp³-hybridized carbons (Fsp3) is 0.692. The van der Waals surface area contributed by atoms with Gasteiger partial charge in [0.15, 0.2) is 0 Å². The first-order valence-corrected chi connectivity index (χ1v) is 6.25. The van der Waals surface area contributed by atoms with Crippen molar-refractivity contribution in [1.29, 1.82) is 0 Å². The molecule has 0 aromatic carbocycles. The number of nitrogens with zero attached hydrogens (tertiary/aromatic N) is 1. The second kappa shape index (κ2) is 8.81. The summed E-state index contributed by atoms with van der Waals surface area (Å²) in [6, 6.07) is 4.55. The van der Waals surface area contributed by atoms with Crippen molar-refractivity contribution < 1.29 is 4.42 Å². The fourth-order valence-corrected chi connectivity index (χ4v) is 2.37. The van der Waals surface area contributed by atoms with E-state index in [1.54, 1.807) is 6.26 Å². The number of nitrogens with one attached hydrogen (secondary N) is 1. The molecule has 5 heteroatoms. The van der Waals surface area contributed by atoms with Crippen molar-refractivity contribution in [3.63, 3.8) is 0 Å². The molecule has 18 heavy (non-hydrogen) atoms. The summed E-state index contributed by atoms with van der Waals surface area (Å²) in [6.07, 6.45) is 2.96. The third-order valence-electron chi connectivity index (χ3n) is 3.16. The predicted molar refractivity (Wildman–Crippen MR) is 79.8 cm³/mol. The fourth-order valence-electron chi connectivity index (χ4n) is 2.37. The van der Waals surface area contributed by atoms with E-state index in [0.29, 0.717) is 12.0 Å². The lowest BCUT2D eigenvalue weighted by Gasteiger charge is -2.34. The highest BCUT2D eigenvalue weighted by molar-refractivity contribution is 5.85. The van der Waals surface area contributed by atoms with Crippen LogP contribution in [0.5, 0.6) is 0 Å². The zero-order chi connectivity index (χ0) is 11.4. The molecule has 1 aliphatic rings. The molecular weight excluding hydrogens is 271 g/mol. The van der Waals surface area contributed by atoms with Crippen LogP contribution in [0.4, 0.5) is 0 Å². The van der Waals surface area contributed by atoms with Crippen LogP contribution in [0.1, 0.15) is 32.1 Å². The van der Waals surface area contributed by atoms with Gasteiger partial charge in [-0.3, -0.25) is 4.90 Å². The summed E-state index contributed by atoms with van der Waals surface area (Å²) in [4.78, 5) is 2.54. The maximum Gasteiger partial charge on any atom is 0.120 e. The van der Waals surface area contributed by atoms with Gasteiger partial charge in [0.25, 0.3) is 0 Å². The van der Waals surface area contributed by atoms with Crippen LogP contribution >= 0.6 is 24.8 Å². The van der Waals surface area contributed by atoms with Gasteiger partial charge in [0, 0.05) is 26.2 Å². The van der Waals surface area contributed by atoms with E-state index in [0.717, 1.165) is 31.9 Å². The lowest BCUT2D eigenvalue weighted by molar-refractivity contribution is 0.136. The van der Waals surface area contributed by atoms with E-state index in [9.17, 15) is 0 Å². The number of piperazine rings is 1. The molecular formula is C13H24Cl2N2O. The molecule has 1 aromatic heterocycles. The highest BCUT2D eigenvalue weighted by Crippen LogP contribution is 2.28. The van der Waals surface area contributed by atoms with Gasteiger partial charge in [0.2, 0.25) is 0 Å². The standard InChI is InChI=1S/C13H22N2O.2ClH/c1-11(2)10-12(13-4-3-9-16-13)15-7-5-14-6-8-15;;/h3-4,9,11-12,14H,5-8,10H2,1-2H3;2*1H/t12-;;/m0../s1. The first kappa shape index (κ1) is 17.8. The first-order valence-electron chi connectivity index (χ1n) is 6.25. The molecule has 0 bridgehead atoms. The Bertz CT molecular complexity index is 298. The molecule has 1 aliphatic heterocycles. The lowest BCUT2D eigenvalue weighted by atomic mass is 10.00. The Kier molecular flexibility index (Phi) is 8.70. The van der Waals surface area contributed by atoms with Gasteiger partial charge in [-0.05, 0) is 24.5 Å². The van der Waals surface area contributed by atoms with Crippen LogP contribution in [0.15, 0.2) is 22.8 Å². The van der Waals surface area contributed by atoms with Gasteiger partial charge < -0.3 is 9.73 Å². The predicted octanol–water partition coefficient (Wildman–Crippen LogP) is 3.12. The molecule has 2 rings (SSSR count). The number of hydrogen-bond donors (Lipinski definition) is 1. The van der Waals surface area contributed by atoms with Crippen molar-refractivity contribution in [1.82, 2.24) is 10.2 Å². The van der Waals surface area contributed by atoms with Gasteiger partial charge in [-0.2, -0.15) is 0 Å². The molecule has 1 fully saturated rings. The second-order valence-electron chi connectivity index (χ2n) is 4.95. The Morgan fingerprint density at radius 3 is 2.44 bits per heavy atom. The summed E-state index contributed by atoms with van der Waals surface area (Å²) < 4.78 is 5.59. The second-order valence-corrected chi connectivity index (χ2v) is 4.95. The first-order chi connectivity index (χ1) is 7.77. The maximum atomic E-state index is 5.59. The molecule has 0 radical (unpaired) electrons. The van der Waals surface area contributed by atoms with E-state index in [1.165, 1.54) is 6.42 Å². The third kappa shape index (κ3) is 4.81. The van der Waals surface area contributed by atoms with Crippen LogP contribution in [-0.2, 0) is 0 Å². The molecule has 1 N–H and O–H groups in total. The lowest BCUT2D eigenvalue weighted by Crippen LogP contribution is -2.45. The Balaban J connectivity index is 0.00000144. The molecule has 2 heterocycles. The van der Waals surface area contributed by atoms with Crippen molar-refractivity contribution in [2.24, 2.45) is 5.92 Å². The largest absolute Gasteiger partial charge is 0.468 e. The molecule has 1 aromatic rings. The molecule has 0 unspecified atom stereocenters. The Morgan fingerprint density at radius 1 is 1.28 bits per heavy atom. The Morgan fingerprint density at radius 2 is 1.94 bits per heavy atom. The van der Waals surface area contributed by atoms with Crippen LogP contribution in [0.25, 0.3) is 0 Å². The summed E-state index contributed by atoms with van der Waals surface area (Å²) >= 11 is 0. The van der Waals surface area contributed by atoms with Crippen LogP contribution in [0, 0.1) is 5.92 Å². The number of halogens is 2. The highest BCUT2D eigenvalue weighted by Gasteiger charge is 2.24. The van der Waals surface area contributed by atoms with Crippen molar-refractivity contribution in [2.45, 2.75) is 26.3 Å². The topological polar surface area (TPSA) is 28.4 Å². The van der Waals surface area contributed by atoms with Crippen molar-refractivity contribution in [3.05, 3.63) is 24.2 Å². The number of rotatable bonds is 4. The minimum Gasteiger partial charge on any atom is -0.468 e. The van der Waals surface area contributed by atoms with Gasteiger partial charge in [-0.15, -0.1) is 24.8 Å². The summed E-state index contributed by atoms with van der Waals surface area (Å²) in [6.45, 7) is 8.98. The molecule has 106 valence electrons. The molecule has 1 atom stereocenters. The van der Waals surface area contributed by atoms with E-state index in [2.05, 4.69) is 30.1 Å². The molecule has 0 aliphatic carbocycles. The Hall–Kier alpha value is -0.220. The molecule has 1 saturated heterocycles.